The lowest BCUT2D eigenvalue weighted by Crippen LogP contribution is -2.39. The fourth-order valence-corrected chi connectivity index (χ4v) is 1.37. The van der Waals surface area contributed by atoms with Crippen LogP contribution in [0, 0.1) is 5.92 Å². The van der Waals surface area contributed by atoms with Crippen molar-refractivity contribution in [1.82, 2.24) is 0 Å². The summed E-state index contributed by atoms with van der Waals surface area (Å²) in [6, 6.07) is 0.230. The molecule has 1 aliphatic rings. The first-order valence-electron chi connectivity index (χ1n) is 3.65. The first-order valence-corrected chi connectivity index (χ1v) is 3.65. The zero-order valence-electron chi connectivity index (χ0n) is 6.29. The molecule has 0 aliphatic heterocycles. The van der Waals surface area contributed by atoms with Gasteiger partial charge in [-0.1, -0.05) is 6.92 Å². The Morgan fingerprint density at radius 3 is 2.40 bits per heavy atom. The molecule has 10 heavy (non-hydrogen) atoms. The number of rotatable bonds is 0. The summed E-state index contributed by atoms with van der Waals surface area (Å²) < 4.78 is 0. The van der Waals surface area contributed by atoms with Gasteiger partial charge < -0.3 is 10.8 Å². The highest BCUT2D eigenvalue weighted by Crippen LogP contribution is 2.22. The molecule has 3 N–H and O–H groups in total. The van der Waals surface area contributed by atoms with Crippen molar-refractivity contribution in [3.63, 3.8) is 0 Å². The van der Waals surface area contributed by atoms with Gasteiger partial charge in [-0.15, -0.1) is 12.4 Å². The van der Waals surface area contributed by atoms with E-state index < -0.39 is 0 Å². The van der Waals surface area contributed by atoms with Gasteiger partial charge in [0.1, 0.15) is 0 Å². The Balaban J connectivity index is 0.000000810. The van der Waals surface area contributed by atoms with Crippen LogP contribution in [0.25, 0.3) is 0 Å². The largest absolute Gasteiger partial charge is 0.393 e. The molecule has 0 spiro atoms. The predicted octanol–water partition coefficient (Wildman–Crippen LogP) is 0.916. The Bertz CT molecular complexity index is 89.6. The van der Waals surface area contributed by atoms with Crippen LogP contribution in [-0.4, -0.2) is 17.3 Å². The maximum Gasteiger partial charge on any atom is 0.0580 e. The molecule has 3 heteroatoms. The Kier molecular flexibility index (Phi) is 4.25. The van der Waals surface area contributed by atoms with Gasteiger partial charge in [-0.3, -0.25) is 0 Å². The molecule has 0 unspecified atom stereocenters. The molecule has 0 heterocycles. The van der Waals surface area contributed by atoms with Crippen molar-refractivity contribution in [2.75, 3.05) is 0 Å². The summed E-state index contributed by atoms with van der Waals surface area (Å²) in [7, 11) is 0. The van der Waals surface area contributed by atoms with E-state index in [1.165, 1.54) is 0 Å². The smallest absolute Gasteiger partial charge is 0.0580 e. The molecule has 0 amide bonds. The quantitative estimate of drug-likeness (QED) is 0.561. The van der Waals surface area contributed by atoms with Crippen LogP contribution >= 0.6 is 12.4 Å². The lowest BCUT2D eigenvalue weighted by atomic mass is 9.84. The van der Waals surface area contributed by atoms with Crippen LogP contribution < -0.4 is 5.73 Å². The lowest BCUT2D eigenvalue weighted by Gasteiger charge is -2.29. The second kappa shape index (κ2) is 4.16. The average molecular weight is 166 g/mol. The minimum absolute atomic E-state index is 0. The third-order valence-corrected chi connectivity index (χ3v) is 2.32. The fraction of sp³-hybridized carbons (Fsp3) is 1.00. The molecule has 1 fully saturated rings. The van der Waals surface area contributed by atoms with Crippen LogP contribution in [0.4, 0.5) is 0 Å². The van der Waals surface area contributed by atoms with Crippen molar-refractivity contribution < 1.29 is 5.11 Å². The molecule has 62 valence electrons. The van der Waals surface area contributed by atoms with Gasteiger partial charge in [-0.25, -0.2) is 0 Å². The molecule has 0 aromatic carbocycles. The van der Waals surface area contributed by atoms with Crippen molar-refractivity contribution in [1.29, 1.82) is 0 Å². The second-order valence-corrected chi connectivity index (χ2v) is 3.02. The standard InChI is InChI=1S/C7H15NO.ClH/c1-5-6(8)3-2-4-7(5)9;/h5-7,9H,2-4,8H2,1H3;1H/t5-,6+,7-;/m1./s1. The Labute approximate surface area is 68.2 Å². The molecular weight excluding hydrogens is 150 g/mol. The van der Waals surface area contributed by atoms with E-state index in [1.807, 2.05) is 6.92 Å². The van der Waals surface area contributed by atoms with Gasteiger partial charge in [0.25, 0.3) is 0 Å². The number of halogens is 1. The van der Waals surface area contributed by atoms with Gasteiger partial charge in [0, 0.05) is 6.04 Å². The minimum Gasteiger partial charge on any atom is -0.393 e. The van der Waals surface area contributed by atoms with Gasteiger partial charge in [0.2, 0.25) is 0 Å². The number of hydrogen-bond acceptors (Lipinski definition) is 2. The lowest BCUT2D eigenvalue weighted by molar-refractivity contribution is 0.0671. The van der Waals surface area contributed by atoms with Gasteiger partial charge in [0.05, 0.1) is 6.10 Å². The SMILES string of the molecule is C[C@H]1[C@H](O)CCC[C@@H]1N.Cl. The van der Waals surface area contributed by atoms with Crippen LogP contribution in [-0.2, 0) is 0 Å². The van der Waals surface area contributed by atoms with E-state index >= 15 is 0 Å². The number of aliphatic hydroxyl groups excluding tert-OH is 1. The molecule has 1 rings (SSSR count). The zero-order valence-corrected chi connectivity index (χ0v) is 7.10. The van der Waals surface area contributed by atoms with Crippen molar-refractivity contribution in [2.24, 2.45) is 11.7 Å². The molecular formula is C7H16ClNO. The third-order valence-electron chi connectivity index (χ3n) is 2.32. The van der Waals surface area contributed by atoms with Gasteiger partial charge >= 0.3 is 0 Å². The third kappa shape index (κ3) is 2.11. The predicted molar refractivity (Wildman–Crippen MR) is 44.2 cm³/mol. The first kappa shape index (κ1) is 10.2. The highest BCUT2D eigenvalue weighted by atomic mass is 35.5. The van der Waals surface area contributed by atoms with Gasteiger partial charge in [-0.2, -0.15) is 0 Å². The summed E-state index contributed by atoms with van der Waals surface area (Å²) in [5.41, 5.74) is 5.71. The molecule has 1 saturated carbocycles. The summed E-state index contributed by atoms with van der Waals surface area (Å²) in [6.07, 6.45) is 2.97. The van der Waals surface area contributed by atoms with Crippen molar-refractivity contribution in [3.05, 3.63) is 0 Å². The summed E-state index contributed by atoms with van der Waals surface area (Å²) >= 11 is 0. The van der Waals surface area contributed by atoms with Crippen LogP contribution in [0.3, 0.4) is 0 Å². The summed E-state index contributed by atoms with van der Waals surface area (Å²) in [6.45, 7) is 2.02. The monoisotopic (exact) mass is 165 g/mol. The molecule has 2 nitrogen and oxygen atoms in total. The van der Waals surface area contributed by atoms with Crippen molar-refractivity contribution in [3.8, 4) is 0 Å². The fourth-order valence-electron chi connectivity index (χ4n) is 1.37. The molecule has 0 aromatic heterocycles. The molecule has 0 aromatic rings. The van der Waals surface area contributed by atoms with Crippen LogP contribution in [0.1, 0.15) is 26.2 Å². The van der Waals surface area contributed by atoms with E-state index in [4.69, 9.17) is 5.73 Å². The first-order chi connectivity index (χ1) is 4.22. The second-order valence-electron chi connectivity index (χ2n) is 3.02. The van der Waals surface area contributed by atoms with E-state index in [2.05, 4.69) is 0 Å². The molecule has 1 aliphatic carbocycles. The highest BCUT2D eigenvalue weighted by Gasteiger charge is 2.24. The highest BCUT2D eigenvalue weighted by molar-refractivity contribution is 5.85. The molecule has 0 bridgehead atoms. The minimum atomic E-state index is -0.145. The Morgan fingerprint density at radius 2 is 2.00 bits per heavy atom. The van der Waals surface area contributed by atoms with E-state index in [0.29, 0.717) is 5.92 Å². The van der Waals surface area contributed by atoms with Gasteiger partial charge in [0.15, 0.2) is 0 Å². The molecule has 3 atom stereocenters. The van der Waals surface area contributed by atoms with Crippen molar-refractivity contribution in [2.45, 2.75) is 38.3 Å². The van der Waals surface area contributed by atoms with Gasteiger partial charge in [-0.05, 0) is 25.2 Å². The number of hydrogen-bond donors (Lipinski definition) is 2. The summed E-state index contributed by atoms with van der Waals surface area (Å²) in [5.74, 6) is 0.304. The van der Waals surface area contributed by atoms with E-state index in [1.54, 1.807) is 0 Å². The van der Waals surface area contributed by atoms with Crippen molar-refractivity contribution >= 4 is 12.4 Å². The maximum atomic E-state index is 9.27. The topological polar surface area (TPSA) is 46.2 Å². The van der Waals surface area contributed by atoms with E-state index in [-0.39, 0.29) is 24.6 Å². The van der Waals surface area contributed by atoms with Crippen LogP contribution in [0.5, 0.6) is 0 Å². The number of nitrogens with two attached hydrogens (primary N) is 1. The molecule has 0 saturated heterocycles. The Hall–Kier alpha value is 0.210. The zero-order chi connectivity index (χ0) is 6.85. The molecule has 0 radical (unpaired) electrons. The van der Waals surface area contributed by atoms with Crippen LogP contribution in [0.2, 0.25) is 0 Å². The van der Waals surface area contributed by atoms with Crippen LogP contribution in [0.15, 0.2) is 0 Å². The average Bonchev–Trinajstić information content (AvgIpc) is 1.83. The maximum absolute atomic E-state index is 9.27. The normalized spacial score (nSPS) is 40.5. The summed E-state index contributed by atoms with van der Waals surface area (Å²) in [4.78, 5) is 0. The summed E-state index contributed by atoms with van der Waals surface area (Å²) in [5, 5.41) is 9.27. The number of aliphatic hydroxyl groups is 1. The van der Waals surface area contributed by atoms with E-state index in [9.17, 15) is 5.11 Å². The Morgan fingerprint density at radius 1 is 1.40 bits per heavy atom. The van der Waals surface area contributed by atoms with E-state index in [0.717, 1.165) is 19.3 Å².